The van der Waals surface area contributed by atoms with Crippen LogP contribution in [0, 0.1) is 0 Å². The largest absolute Gasteiger partial charge is 0.395 e. The third-order valence-corrected chi connectivity index (χ3v) is 3.04. The maximum atomic E-state index is 8.85. The molecule has 0 aromatic carbocycles. The molecule has 0 aromatic rings. The first-order valence-electron chi connectivity index (χ1n) is 5.92. The highest BCUT2D eigenvalue weighted by Crippen LogP contribution is 2.07. The van der Waals surface area contributed by atoms with Crippen LogP contribution < -0.4 is 0 Å². The van der Waals surface area contributed by atoms with Crippen molar-refractivity contribution in [3.05, 3.63) is 0 Å². The summed E-state index contributed by atoms with van der Waals surface area (Å²) in [5.74, 6) is 0. The van der Waals surface area contributed by atoms with Crippen molar-refractivity contribution in [3.63, 3.8) is 0 Å². The molecular formula is C11H24N2O. The van der Waals surface area contributed by atoms with Gasteiger partial charge in [0, 0.05) is 19.6 Å². The van der Waals surface area contributed by atoms with Gasteiger partial charge in [-0.1, -0.05) is 13.3 Å². The summed E-state index contributed by atoms with van der Waals surface area (Å²) in [5, 5.41) is 8.85. The molecule has 84 valence electrons. The van der Waals surface area contributed by atoms with Gasteiger partial charge in [0.15, 0.2) is 0 Å². The molecule has 0 saturated carbocycles. The van der Waals surface area contributed by atoms with Crippen LogP contribution >= 0.6 is 0 Å². The number of likely N-dealkylation sites (N-methyl/N-ethyl adjacent to an activating group) is 1. The van der Waals surface area contributed by atoms with Crippen molar-refractivity contribution < 1.29 is 5.11 Å². The summed E-state index contributed by atoms with van der Waals surface area (Å²) in [6.07, 6.45) is 4.14. The van der Waals surface area contributed by atoms with Gasteiger partial charge in [-0.15, -0.1) is 0 Å². The predicted molar refractivity (Wildman–Crippen MR) is 59.5 cm³/mol. The highest BCUT2D eigenvalue weighted by Gasteiger charge is 2.10. The van der Waals surface area contributed by atoms with Gasteiger partial charge in [-0.3, -0.25) is 0 Å². The second-order valence-corrected chi connectivity index (χ2v) is 4.06. The molecule has 0 aromatic heterocycles. The van der Waals surface area contributed by atoms with Crippen molar-refractivity contribution in [2.45, 2.75) is 26.2 Å². The van der Waals surface area contributed by atoms with Crippen LogP contribution in [0.25, 0.3) is 0 Å². The monoisotopic (exact) mass is 200 g/mol. The molecule has 1 aliphatic heterocycles. The van der Waals surface area contributed by atoms with Crippen LogP contribution in [-0.2, 0) is 0 Å². The first-order chi connectivity index (χ1) is 6.86. The van der Waals surface area contributed by atoms with E-state index in [1.165, 1.54) is 38.9 Å². The molecule has 1 heterocycles. The molecule has 1 N–H and O–H groups in total. The van der Waals surface area contributed by atoms with Gasteiger partial charge in [-0.2, -0.15) is 0 Å². The van der Waals surface area contributed by atoms with Gasteiger partial charge < -0.3 is 14.9 Å². The van der Waals surface area contributed by atoms with E-state index < -0.39 is 0 Å². The van der Waals surface area contributed by atoms with Crippen molar-refractivity contribution in [2.24, 2.45) is 0 Å². The molecule has 0 bridgehead atoms. The lowest BCUT2D eigenvalue weighted by Crippen LogP contribution is -2.38. The second-order valence-electron chi connectivity index (χ2n) is 4.06. The van der Waals surface area contributed by atoms with Gasteiger partial charge in [-0.05, 0) is 32.5 Å². The van der Waals surface area contributed by atoms with E-state index in [4.69, 9.17) is 5.11 Å². The Morgan fingerprint density at radius 1 is 1.14 bits per heavy atom. The summed E-state index contributed by atoms with van der Waals surface area (Å²) in [6.45, 7) is 9.15. The van der Waals surface area contributed by atoms with Crippen molar-refractivity contribution >= 4 is 0 Å². The Morgan fingerprint density at radius 2 is 1.86 bits per heavy atom. The smallest absolute Gasteiger partial charge is 0.0558 e. The lowest BCUT2D eigenvalue weighted by molar-refractivity contribution is 0.161. The second kappa shape index (κ2) is 7.21. The van der Waals surface area contributed by atoms with E-state index in [2.05, 4.69) is 16.7 Å². The maximum absolute atomic E-state index is 8.85. The number of rotatable bonds is 6. The molecule has 1 saturated heterocycles. The Balaban J connectivity index is 2.10. The summed E-state index contributed by atoms with van der Waals surface area (Å²) >= 11 is 0. The Kier molecular flexibility index (Phi) is 6.15. The van der Waals surface area contributed by atoms with Crippen molar-refractivity contribution in [1.82, 2.24) is 9.80 Å². The summed E-state index contributed by atoms with van der Waals surface area (Å²) in [5.41, 5.74) is 0. The number of nitrogens with zero attached hydrogens (tertiary/aromatic N) is 2. The quantitative estimate of drug-likeness (QED) is 0.686. The van der Waals surface area contributed by atoms with Crippen LogP contribution in [0.4, 0.5) is 0 Å². The topological polar surface area (TPSA) is 26.7 Å². The van der Waals surface area contributed by atoms with Crippen molar-refractivity contribution in [2.75, 3.05) is 45.9 Å². The highest BCUT2D eigenvalue weighted by atomic mass is 16.3. The lowest BCUT2D eigenvalue weighted by atomic mass is 10.1. The van der Waals surface area contributed by atoms with E-state index in [9.17, 15) is 0 Å². The summed E-state index contributed by atoms with van der Waals surface area (Å²) in [7, 11) is 0. The summed E-state index contributed by atoms with van der Waals surface area (Å²) < 4.78 is 0. The fourth-order valence-corrected chi connectivity index (χ4v) is 2.04. The van der Waals surface area contributed by atoms with Crippen LogP contribution in [-0.4, -0.2) is 60.8 Å². The van der Waals surface area contributed by atoms with E-state index in [0.717, 1.165) is 19.6 Å². The minimum Gasteiger partial charge on any atom is -0.395 e. The Hall–Kier alpha value is -0.120. The zero-order valence-electron chi connectivity index (χ0n) is 9.41. The fourth-order valence-electron chi connectivity index (χ4n) is 2.04. The third-order valence-electron chi connectivity index (χ3n) is 3.04. The van der Waals surface area contributed by atoms with Gasteiger partial charge in [-0.25, -0.2) is 0 Å². The third kappa shape index (κ3) is 4.40. The number of hydrogen-bond acceptors (Lipinski definition) is 3. The van der Waals surface area contributed by atoms with E-state index in [1.54, 1.807) is 0 Å². The van der Waals surface area contributed by atoms with Crippen molar-refractivity contribution in [1.29, 1.82) is 0 Å². The molecule has 3 heteroatoms. The normalized spacial score (nSPS) is 19.1. The Morgan fingerprint density at radius 3 is 2.43 bits per heavy atom. The van der Waals surface area contributed by atoms with E-state index in [-0.39, 0.29) is 6.61 Å². The number of piperidine rings is 1. The number of hydrogen-bond donors (Lipinski definition) is 1. The number of likely N-dealkylation sites (tertiary alicyclic amines) is 1. The molecule has 3 nitrogen and oxygen atoms in total. The fraction of sp³-hybridized carbons (Fsp3) is 1.00. The predicted octanol–water partition coefficient (Wildman–Crippen LogP) is 0.786. The minimum atomic E-state index is 0.286. The van der Waals surface area contributed by atoms with E-state index >= 15 is 0 Å². The zero-order valence-corrected chi connectivity index (χ0v) is 9.41. The summed E-state index contributed by atoms with van der Waals surface area (Å²) in [6, 6.07) is 0. The minimum absolute atomic E-state index is 0.286. The van der Waals surface area contributed by atoms with E-state index in [0.29, 0.717) is 0 Å². The van der Waals surface area contributed by atoms with Gasteiger partial charge in [0.1, 0.15) is 0 Å². The SMILES string of the molecule is CCN(CCO)CCN1CCCCC1. The van der Waals surface area contributed by atoms with Gasteiger partial charge in [0.2, 0.25) is 0 Å². The van der Waals surface area contributed by atoms with Crippen molar-refractivity contribution in [3.8, 4) is 0 Å². The molecule has 1 fully saturated rings. The Bertz CT molecular complexity index is 130. The average molecular weight is 200 g/mol. The first kappa shape index (κ1) is 12.0. The van der Waals surface area contributed by atoms with Crippen LogP contribution in [0.5, 0.6) is 0 Å². The maximum Gasteiger partial charge on any atom is 0.0558 e. The Labute approximate surface area is 87.7 Å². The molecule has 14 heavy (non-hydrogen) atoms. The first-order valence-corrected chi connectivity index (χ1v) is 5.92. The van der Waals surface area contributed by atoms with Gasteiger partial charge in [0.05, 0.1) is 6.61 Å². The standard InChI is InChI=1S/C11H24N2O/c1-2-12(10-11-14)8-9-13-6-4-3-5-7-13/h14H,2-11H2,1H3. The molecule has 0 amide bonds. The van der Waals surface area contributed by atoms with Gasteiger partial charge in [0.25, 0.3) is 0 Å². The van der Waals surface area contributed by atoms with Crippen LogP contribution in [0.3, 0.4) is 0 Å². The van der Waals surface area contributed by atoms with Gasteiger partial charge >= 0.3 is 0 Å². The molecule has 0 radical (unpaired) electrons. The molecule has 0 aliphatic carbocycles. The van der Waals surface area contributed by atoms with Crippen LogP contribution in [0.2, 0.25) is 0 Å². The zero-order chi connectivity index (χ0) is 10.2. The molecule has 0 atom stereocenters. The molecular weight excluding hydrogens is 176 g/mol. The molecule has 1 aliphatic rings. The molecule has 0 unspecified atom stereocenters. The molecule has 1 rings (SSSR count). The van der Waals surface area contributed by atoms with Crippen LogP contribution in [0.1, 0.15) is 26.2 Å². The number of aliphatic hydroxyl groups is 1. The lowest BCUT2D eigenvalue weighted by Gasteiger charge is -2.29. The summed E-state index contributed by atoms with van der Waals surface area (Å²) in [4.78, 5) is 4.86. The molecule has 0 spiro atoms. The highest BCUT2D eigenvalue weighted by molar-refractivity contribution is 4.66. The van der Waals surface area contributed by atoms with E-state index in [1.807, 2.05) is 0 Å². The number of aliphatic hydroxyl groups excluding tert-OH is 1. The average Bonchev–Trinajstić information content (AvgIpc) is 2.25. The van der Waals surface area contributed by atoms with Crippen LogP contribution in [0.15, 0.2) is 0 Å².